The molecular formula is C27H20F2N4O5S2. The van der Waals surface area contributed by atoms with E-state index in [4.69, 9.17) is 0 Å². The third kappa shape index (κ3) is 4.93. The third-order valence-electron chi connectivity index (χ3n) is 6.26. The summed E-state index contributed by atoms with van der Waals surface area (Å²) >= 11 is 0. The fourth-order valence-electron chi connectivity index (χ4n) is 4.41. The molecule has 0 aromatic heterocycles. The number of alkyl halides is 1. The van der Waals surface area contributed by atoms with Crippen LogP contribution in [-0.2, 0) is 26.5 Å². The Morgan fingerprint density at radius 3 is 2.20 bits per heavy atom. The maximum absolute atomic E-state index is 14.1. The van der Waals surface area contributed by atoms with Crippen LogP contribution in [0.3, 0.4) is 0 Å². The van der Waals surface area contributed by atoms with Gasteiger partial charge in [-0.1, -0.05) is 18.2 Å². The lowest BCUT2D eigenvalue weighted by Crippen LogP contribution is -2.52. The number of hydrogen-bond donors (Lipinski definition) is 0. The van der Waals surface area contributed by atoms with Crippen molar-refractivity contribution in [2.75, 3.05) is 11.2 Å². The summed E-state index contributed by atoms with van der Waals surface area (Å²) in [6.07, 6.45) is 0.841. The number of urea groups is 1. The summed E-state index contributed by atoms with van der Waals surface area (Å²) in [6.45, 7) is 0.490. The first-order valence-corrected chi connectivity index (χ1v) is 14.8. The lowest BCUT2D eigenvalue weighted by molar-refractivity contribution is 0.220. The molecule has 2 amide bonds. The maximum Gasteiger partial charge on any atom is 0.343 e. The molecule has 1 atom stereocenters. The number of amides is 2. The molecule has 0 fully saturated rings. The van der Waals surface area contributed by atoms with Crippen LogP contribution in [0.25, 0.3) is 0 Å². The second-order valence-corrected chi connectivity index (χ2v) is 12.6. The van der Waals surface area contributed by atoms with E-state index in [9.17, 15) is 40.9 Å². The Bertz CT molecular complexity index is 1860. The maximum atomic E-state index is 14.1. The standard InChI is InChI=1S/C27H20F2N4O5S2/c1-17-24(16-31)26(23-11-6-19(15-30)13-25(23)39(2,35)36)33(40(37,38)22-9-7-20(29)8-10-22)27(34)32(17)21-5-3-4-18(12-21)14-28/h3-13,26H,14H2,1-2H3/t26-/m1/s1. The Morgan fingerprint density at radius 1 is 0.950 bits per heavy atom. The van der Waals surface area contributed by atoms with E-state index in [1.807, 2.05) is 12.1 Å². The molecule has 1 heterocycles. The van der Waals surface area contributed by atoms with Crippen molar-refractivity contribution in [3.05, 3.63) is 101 Å². The zero-order valence-electron chi connectivity index (χ0n) is 21.0. The van der Waals surface area contributed by atoms with Gasteiger partial charge in [-0.3, -0.25) is 4.90 Å². The van der Waals surface area contributed by atoms with Gasteiger partial charge in [-0.15, -0.1) is 0 Å². The molecule has 0 saturated carbocycles. The van der Waals surface area contributed by atoms with Crippen molar-refractivity contribution in [3.63, 3.8) is 0 Å². The summed E-state index contributed by atoms with van der Waals surface area (Å²) in [6, 6.07) is 13.4. The van der Waals surface area contributed by atoms with Crippen molar-refractivity contribution in [3.8, 4) is 12.1 Å². The second kappa shape index (κ2) is 10.5. The fraction of sp³-hybridized carbons (Fsp3) is 0.148. The highest BCUT2D eigenvalue weighted by molar-refractivity contribution is 7.91. The van der Waals surface area contributed by atoms with Gasteiger partial charge in [0.15, 0.2) is 9.84 Å². The van der Waals surface area contributed by atoms with Crippen molar-refractivity contribution in [2.45, 2.75) is 29.4 Å². The van der Waals surface area contributed by atoms with Crippen LogP contribution in [-0.4, -0.2) is 33.4 Å². The number of hydrogen-bond acceptors (Lipinski definition) is 7. The molecule has 4 rings (SSSR count). The first-order chi connectivity index (χ1) is 18.8. The molecule has 0 N–H and O–H groups in total. The van der Waals surface area contributed by atoms with Crippen molar-refractivity contribution >= 4 is 31.6 Å². The highest BCUT2D eigenvalue weighted by atomic mass is 32.2. The van der Waals surface area contributed by atoms with E-state index in [0.29, 0.717) is 4.31 Å². The monoisotopic (exact) mass is 582 g/mol. The van der Waals surface area contributed by atoms with Crippen LogP contribution in [0.1, 0.15) is 29.7 Å². The van der Waals surface area contributed by atoms with Gasteiger partial charge in [-0.2, -0.15) is 10.5 Å². The first kappa shape index (κ1) is 28.4. The Morgan fingerprint density at radius 2 is 1.62 bits per heavy atom. The van der Waals surface area contributed by atoms with Gasteiger partial charge in [-0.25, -0.2) is 34.7 Å². The first-order valence-electron chi connectivity index (χ1n) is 11.5. The number of sulfone groups is 1. The Kier molecular flexibility index (Phi) is 7.48. The largest absolute Gasteiger partial charge is 0.343 e. The molecule has 3 aromatic carbocycles. The number of carbonyl (C=O) groups is 1. The molecule has 3 aromatic rings. The van der Waals surface area contributed by atoms with Crippen LogP contribution in [0.5, 0.6) is 0 Å². The number of anilines is 1. The molecule has 0 aliphatic carbocycles. The molecule has 1 aliphatic rings. The van der Waals surface area contributed by atoms with Crippen LogP contribution in [0.4, 0.5) is 19.3 Å². The molecule has 9 nitrogen and oxygen atoms in total. The predicted octanol–water partition coefficient (Wildman–Crippen LogP) is 4.74. The van der Waals surface area contributed by atoms with Gasteiger partial charge < -0.3 is 0 Å². The molecule has 0 spiro atoms. The molecule has 204 valence electrons. The molecule has 0 unspecified atom stereocenters. The number of halogens is 2. The minimum absolute atomic E-state index is 0.0251. The number of benzene rings is 3. The highest BCUT2D eigenvalue weighted by Crippen LogP contribution is 2.44. The van der Waals surface area contributed by atoms with Crippen molar-refractivity contribution < 1.29 is 30.4 Å². The summed E-state index contributed by atoms with van der Waals surface area (Å²) in [5.74, 6) is -0.745. The molecular weight excluding hydrogens is 562 g/mol. The number of rotatable bonds is 6. The smallest absolute Gasteiger partial charge is 0.265 e. The number of nitrogens with zero attached hydrogens (tertiary/aromatic N) is 4. The second-order valence-electron chi connectivity index (χ2n) is 8.83. The SMILES string of the molecule is CC1=C(C#N)[C@@H](c2ccc(C#N)cc2S(C)(=O)=O)N(S(=O)(=O)c2ccc(F)cc2)C(=O)N1c1cccc(CF)c1. The summed E-state index contributed by atoms with van der Waals surface area (Å²) in [5, 5.41) is 19.6. The minimum Gasteiger partial charge on any atom is -0.265 e. The van der Waals surface area contributed by atoms with Crippen LogP contribution in [0, 0.1) is 28.5 Å². The average Bonchev–Trinajstić information content (AvgIpc) is 2.92. The zero-order chi connectivity index (χ0) is 29.4. The summed E-state index contributed by atoms with van der Waals surface area (Å²) in [7, 11) is -8.99. The summed E-state index contributed by atoms with van der Waals surface area (Å²) in [5.41, 5.74) is -0.380. The molecule has 0 saturated heterocycles. The number of allylic oxidation sites excluding steroid dienone is 1. The van der Waals surface area contributed by atoms with Gasteiger partial charge in [0, 0.05) is 12.0 Å². The lowest BCUT2D eigenvalue weighted by atomic mass is 9.94. The average molecular weight is 583 g/mol. The zero-order valence-corrected chi connectivity index (χ0v) is 22.7. The van der Waals surface area contributed by atoms with Gasteiger partial charge in [0.1, 0.15) is 18.5 Å². The Labute approximate surface area is 229 Å². The van der Waals surface area contributed by atoms with Gasteiger partial charge in [0.2, 0.25) is 0 Å². The van der Waals surface area contributed by atoms with Crippen molar-refractivity contribution in [1.29, 1.82) is 10.5 Å². The van der Waals surface area contributed by atoms with Gasteiger partial charge in [0.25, 0.3) is 10.0 Å². The van der Waals surface area contributed by atoms with Crippen LogP contribution < -0.4 is 4.90 Å². The van der Waals surface area contributed by atoms with E-state index in [-0.39, 0.29) is 33.6 Å². The van der Waals surface area contributed by atoms with Gasteiger partial charge in [-0.05, 0) is 66.6 Å². The quantitative estimate of drug-likeness (QED) is 0.409. The summed E-state index contributed by atoms with van der Waals surface area (Å²) < 4.78 is 81.1. The van der Waals surface area contributed by atoms with Crippen molar-refractivity contribution in [2.24, 2.45) is 0 Å². The van der Waals surface area contributed by atoms with Crippen LogP contribution in [0.2, 0.25) is 0 Å². The lowest BCUT2D eigenvalue weighted by Gasteiger charge is -2.41. The van der Waals surface area contributed by atoms with Crippen LogP contribution in [0.15, 0.2) is 87.8 Å². The number of sulfonamides is 1. The minimum atomic E-state index is -4.87. The topological polar surface area (TPSA) is 139 Å². The molecule has 13 heteroatoms. The van der Waals surface area contributed by atoms with E-state index in [1.54, 1.807) is 0 Å². The third-order valence-corrected chi connectivity index (χ3v) is 9.17. The van der Waals surface area contributed by atoms with E-state index >= 15 is 0 Å². The number of nitriles is 2. The van der Waals surface area contributed by atoms with E-state index in [0.717, 1.165) is 41.5 Å². The number of carbonyl (C=O) groups excluding carboxylic acids is 1. The Hall–Kier alpha value is -4.59. The van der Waals surface area contributed by atoms with Crippen LogP contribution >= 0.6 is 0 Å². The molecule has 0 radical (unpaired) electrons. The summed E-state index contributed by atoms with van der Waals surface area (Å²) in [4.78, 5) is 14.1. The van der Waals surface area contributed by atoms with E-state index in [2.05, 4.69) is 0 Å². The fourth-order valence-corrected chi connectivity index (χ4v) is 6.85. The van der Waals surface area contributed by atoms with Gasteiger partial charge in [0.05, 0.1) is 38.8 Å². The normalized spacial score (nSPS) is 16.1. The van der Waals surface area contributed by atoms with Crippen molar-refractivity contribution in [1.82, 2.24) is 4.31 Å². The predicted molar refractivity (Wildman–Crippen MR) is 140 cm³/mol. The molecule has 40 heavy (non-hydrogen) atoms. The highest BCUT2D eigenvalue weighted by Gasteiger charge is 2.48. The van der Waals surface area contributed by atoms with E-state index < -0.39 is 54.2 Å². The Balaban J connectivity index is 2.11. The van der Waals surface area contributed by atoms with Gasteiger partial charge >= 0.3 is 6.03 Å². The molecule has 0 bridgehead atoms. The molecule has 1 aliphatic heterocycles. The van der Waals surface area contributed by atoms with E-state index in [1.165, 1.54) is 43.3 Å².